The van der Waals surface area contributed by atoms with Gasteiger partial charge in [0.1, 0.15) is 23.3 Å². The minimum absolute atomic E-state index is 0.132. The number of esters is 1. The third-order valence-corrected chi connectivity index (χ3v) is 5.36. The Labute approximate surface area is 183 Å². The summed E-state index contributed by atoms with van der Waals surface area (Å²) in [5.74, 6) is 0.850. The number of rotatable bonds is 11. The molecule has 0 unspecified atom stereocenters. The van der Waals surface area contributed by atoms with Crippen molar-refractivity contribution in [2.75, 3.05) is 7.11 Å². The molecule has 1 heterocycles. The van der Waals surface area contributed by atoms with Crippen LogP contribution < -0.4 is 14.9 Å². The molecule has 0 fully saturated rings. The third-order valence-electron chi connectivity index (χ3n) is 5.36. The van der Waals surface area contributed by atoms with Gasteiger partial charge in [-0.25, -0.2) is 0 Å². The van der Waals surface area contributed by atoms with Gasteiger partial charge in [0.25, 0.3) is 0 Å². The molecule has 0 radical (unpaired) electrons. The van der Waals surface area contributed by atoms with Gasteiger partial charge in [0.15, 0.2) is 5.43 Å². The minimum atomic E-state index is -0.259. The van der Waals surface area contributed by atoms with Gasteiger partial charge in [-0.15, -0.1) is 0 Å². The summed E-state index contributed by atoms with van der Waals surface area (Å²) in [5.41, 5.74) is 1.48. The smallest absolute Gasteiger partial charge is 0.311 e. The molecule has 5 heteroatoms. The Balaban J connectivity index is 1.61. The predicted molar refractivity (Wildman–Crippen MR) is 123 cm³/mol. The van der Waals surface area contributed by atoms with E-state index >= 15 is 0 Å². The van der Waals surface area contributed by atoms with E-state index < -0.39 is 0 Å². The number of unbranched alkanes of at least 4 members (excludes halogenated alkanes) is 6. The van der Waals surface area contributed by atoms with Gasteiger partial charge in [0.05, 0.1) is 18.1 Å². The van der Waals surface area contributed by atoms with Crippen molar-refractivity contribution < 1.29 is 18.7 Å². The van der Waals surface area contributed by atoms with Crippen LogP contribution in [0.1, 0.15) is 58.3 Å². The fourth-order valence-electron chi connectivity index (χ4n) is 3.55. The second-order valence-corrected chi connectivity index (χ2v) is 7.71. The molecule has 0 N–H and O–H groups in total. The molecular formula is C26H30O5. The average molecular weight is 423 g/mol. The minimum Gasteiger partial charge on any atom is -0.497 e. The first-order valence-electron chi connectivity index (χ1n) is 11.0. The molecular weight excluding hydrogens is 392 g/mol. The highest BCUT2D eigenvalue weighted by Gasteiger charge is 2.12. The van der Waals surface area contributed by atoms with Crippen molar-refractivity contribution in [3.05, 3.63) is 59.0 Å². The van der Waals surface area contributed by atoms with Crippen LogP contribution >= 0.6 is 0 Å². The normalized spacial score (nSPS) is 10.9. The standard InChI is InChI=1S/C26H30O5/c1-3-4-5-6-7-8-9-10-25(27)31-21-15-16-22-24(17-21)30-18-23(26(22)28)19-11-13-20(29-2)14-12-19/h11-18H,3-10H2,1-2H3. The van der Waals surface area contributed by atoms with Crippen molar-refractivity contribution in [3.63, 3.8) is 0 Å². The largest absolute Gasteiger partial charge is 0.497 e. The van der Waals surface area contributed by atoms with E-state index in [4.69, 9.17) is 13.9 Å². The summed E-state index contributed by atoms with van der Waals surface area (Å²) in [5, 5.41) is 0.445. The SMILES string of the molecule is CCCCCCCCCC(=O)Oc1ccc2c(=O)c(-c3ccc(OC)cc3)coc2c1. The molecule has 3 aromatic rings. The van der Waals surface area contributed by atoms with Crippen LogP contribution in [0.25, 0.3) is 22.1 Å². The van der Waals surface area contributed by atoms with Crippen molar-refractivity contribution >= 4 is 16.9 Å². The second-order valence-electron chi connectivity index (χ2n) is 7.71. The van der Waals surface area contributed by atoms with Gasteiger partial charge in [-0.3, -0.25) is 9.59 Å². The molecule has 0 bridgehead atoms. The topological polar surface area (TPSA) is 65.7 Å². The first-order chi connectivity index (χ1) is 15.1. The second kappa shape index (κ2) is 11.3. The summed E-state index contributed by atoms with van der Waals surface area (Å²) in [6.07, 6.45) is 9.88. The van der Waals surface area contributed by atoms with Crippen LogP contribution in [0, 0.1) is 0 Å². The van der Waals surface area contributed by atoms with Crippen LogP contribution in [0.15, 0.2) is 57.9 Å². The van der Waals surface area contributed by atoms with Crippen LogP contribution in [0.4, 0.5) is 0 Å². The first-order valence-corrected chi connectivity index (χ1v) is 11.0. The van der Waals surface area contributed by atoms with Gasteiger partial charge in [-0.05, 0) is 36.2 Å². The number of benzene rings is 2. The molecule has 2 aromatic carbocycles. The highest BCUT2D eigenvalue weighted by atomic mass is 16.5. The summed E-state index contributed by atoms with van der Waals surface area (Å²) < 4.78 is 16.3. The lowest BCUT2D eigenvalue weighted by molar-refractivity contribution is -0.134. The Morgan fingerprint density at radius 2 is 1.58 bits per heavy atom. The predicted octanol–water partition coefficient (Wildman–Crippen LogP) is 6.51. The highest BCUT2D eigenvalue weighted by Crippen LogP contribution is 2.25. The van der Waals surface area contributed by atoms with Gasteiger partial charge in [-0.1, -0.05) is 57.6 Å². The third kappa shape index (κ3) is 6.20. The number of carbonyl (C=O) groups is 1. The van der Waals surface area contributed by atoms with Crippen LogP contribution in [0.3, 0.4) is 0 Å². The number of methoxy groups -OCH3 is 1. The molecule has 1 aromatic heterocycles. The molecule has 0 saturated carbocycles. The Morgan fingerprint density at radius 3 is 2.29 bits per heavy atom. The van der Waals surface area contributed by atoms with Crippen molar-refractivity contribution in [1.29, 1.82) is 0 Å². The molecule has 0 spiro atoms. The molecule has 31 heavy (non-hydrogen) atoms. The molecule has 0 saturated heterocycles. The maximum Gasteiger partial charge on any atom is 0.311 e. The van der Waals surface area contributed by atoms with E-state index in [0.29, 0.717) is 28.7 Å². The van der Waals surface area contributed by atoms with Gasteiger partial charge >= 0.3 is 5.97 Å². The molecule has 0 amide bonds. The molecule has 0 aliphatic rings. The lowest BCUT2D eigenvalue weighted by Crippen LogP contribution is -2.08. The van der Waals surface area contributed by atoms with E-state index in [1.165, 1.54) is 31.9 Å². The van der Waals surface area contributed by atoms with E-state index in [1.807, 2.05) is 12.1 Å². The van der Waals surface area contributed by atoms with Gasteiger partial charge < -0.3 is 13.9 Å². The van der Waals surface area contributed by atoms with Crippen LogP contribution in [0.5, 0.6) is 11.5 Å². The Kier molecular flexibility index (Phi) is 8.27. The summed E-state index contributed by atoms with van der Waals surface area (Å²) in [7, 11) is 1.60. The van der Waals surface area contributed by atoms with Crippen molar-refractivity contribution in [1.82, 2.24) is 0 Å². The average Bonchev–Trinajstić information content (AvgIpc) is 2.79. The van der Waals surface area contributed by atoms with E-state index in [2.05, 4.69) is 6.92 Å². The van der Waals surface area contributed by atoms with Crippen LogP contribution in [0.2, 0.25) is 0 Å². The van der Waals surface area contributed by atoms with E-state index in [1.54, 1.807) is 37.4 Å². The highest BCUT2D eigenvalue weighted by molar-refractivity contribution is 5.83. The van der Waals surface area contributed by atoms with Gasteiger partial charge in [-0.2, -0.15) is 0 Å². The number of carbonyl (C=O) groups excluding carboxylic acids is 1. The molecule has 164 valence electrons. The molecule has 0 atom stereocenters. The van der Waals surface area contributed by atoms with Crippen molar-refractivity contribution in [3.8, 4) is 22.6 Å². The Morgan fingerprint density at radius 1 is 0.903 bits per heavy atom. The Bertz CT molecular complexity index is 1050. The number of hydrogen-bond acceptors (Lipinski definition) is 5. The zero-order valence-corrected chi connectivity index (χ0v) is 18.3. The fourth-order valence-corrected chi connectivity index (χ4v) is 3.55. The van der Waals surface area contributed by atoms with E-state index in [-0.39, 0.29) is 11.4 Å². The molecule has 0 aliphatic carbocycles. The summed E-state index contributed by atoms with van der Waals surface area (Å²) >= 11 is 0. The van der Waals surface area contributed by atoms with Crippen molar-refractivity contribution in [2.24, 2.45) is 0 Å². The lowest BCUT2D eigenvalue weighted by Gasteiger charge is -2.07. The van der Waals surface area contributed by atoms with E-state index in [9.17, 15) is 9.59 Å². The zero-order valence-electron chi connectivity index (χ0n) is 18.3. The van der Waals surface area contributed by atoms with Gasteiger partial charge in [0.2, 0.25) is 0 Å². The number of ether oxygens (including phenoxy) is 2. The van der Waals surface area contributed by atoms with Crippen molar-refractivity contribution in [2.45, 2.75) is 58.3 Å². The summed E-state index contributed by atoms with van der Waals surface area (Å²) in [6, 6.07) is 12.1. The van der Waals surface area contributed by atoms with Gasteiger partial charge in [0, 0.05) is 12.5 Å². The number of fused-ring (bicyclic) bond motifs is 1. The lowest BCUT2D eigenvalue weighted by atomic mass is 10.1. The maximum atomic E-state index is 12.9. The molecule has 5 nitrogen and oxygen atoms in total. The molecule has 3 rings (SSSR count). The maximum absolute atomic E-state index is 12.9. The zero-order chi connectivity index (χ0) is 22.1. The summed E-state index contributed by atoms with van der Waals surface area (Å²) in [4.78, 5) is 25.0. The van der Waals surface area contributed by atoms with Crippen LogP contribution in [-0.4, -0.2) is 13.1 Å². The number of hydrogen-bond donors (Lipinski definition) is 0. The fraction of sp³-hybridized carbons (Fsp3) is 0.385. The molecule has 0 aliphatic heterocycles. The first kappa shape index (κ1) is 22.6. The quantitative estimate of drug-likeness (QED) is 0.200. The van der Waals surface area contributed by atoms with E-state index in [0.717, 1.165) is 30.6 Å². The van der Waals surface area contributed by atoms with Crippen LogP contribution in [-0.2, 0) is 4.79 Å². The monoisotopic (exact) mass is 422 g/mol. The summed E-state index contributed by atoms with van der Waals surface area (Å²) in [6.45, 7) is 2.20. The Hall–Kier alpha value is -3.08.